The molecule has 1 aromatic rings. The lowest BCUT2D eigenvalue weighted by molar-refractivity contribution is -0.393. The van der Waals surface area contributed by atoms with Gasteiger partial charge in [-0.25, -0.2) is 4.99 Å². The van der Waals surface area contributed by atoms with Gasteiger partial charge in [-0.3, -0.25) is 0 Å². The Bertz CT molecular complexity index is 427. The standard InChI is InChI=1S/C14H17N/c1-10-6-4-7-13(11(10)2)12(3)14-8-5-9-15-14/h4,6-9,12H,5H2,1-3H3/p+1. The van der Waals surface area contributed by atoms with Gasteiger partial charge in [0.25, 0.3) is 0 Å². The Kier molecular flexibility index (Phi) is 2.72. The molecule has 1 unspecified atom stereocenters. The van der Waals surface area contributed by atoms with Crippen LogP contribution in [0.3, 0.4) is 0 Å². The van der Waals surface area contributed by atoms with Crippen molar-refractivity contribution in [1.29, 1.82) is 0 Å². The van der Waals surface area contributed by atoms with E-state index in [4.69, 9.17) is 0 Å². The summed E-state index contributed by atoms with van der Waals surface area (Å²) in [6.07, 6.45) is 5.42. The zero-order valence-electron chi connectivity index (χ0n) is 9.67. The highest BCUT2D eigenvalue weighted by molar-refractivity contribution is 5.56. The normalized spacial score (nSPS) is 16.6. The van der Waals surface area contributed by atoms with Crippen LogP contribution in [-0.4, -0.2) is 6.21 Å². The first-order chi connectivity index (χ1) is 7.20. The van der Waals surface area contributed by atoms with Crippen molar-refractivity contribution in [3.8, 4) is 0 Å². The van der Waals surface area contributed by atoms with Crippen molar-refractivity contribution < 1.29 is 4.99 Å². The average molecular weight is 200 g/mol. The number of benzene rings is 1. The van der Waals surface area contributed by atoms with Crippen LogP contribution in [0, 0.1) is 13.8 Å². The van der Waals surface area contributed by atoms with Crippen LogP contribution in [0.15, 0.2) is 30.0 Å². The first-order valence-electron chi connectivity index (χ1n) is 5.54. The lowest BCUT2D eigenvalue weighted by Crippen LogP contribution is -2.65. The van der Waals surface area contributed by atoms with Crippen LogP contribution < -0.4 is 4.99 Å². The van der Waals surface area contributed by atoms with Crippen molar-refractivity contribution in [2.24, 2.45) is 0 Å². The van der Waals surface area contributed by atoms with Gasteiger partial charge in [-0.05, 0) is 43.5 Å². The van der Waals surface area contributed by atoms with Crippen molar-refractivity contribution in [2.45, 2.75) is 33.1 Å². The Labute approximate surface area is 91.6 Å². The number of nitrogens with one attached hydrogen (secondary N) is 1. The number of allylic oxidation sites excluding steroid dienone is 2. The Morgan fingerprint density at radius 3 is 2.73 bits per heavy atom. The molecule has 0 radical (unpaired) electrons. The number of aryl methyl sites for hydroxylation is 1. The molecule has 1 heteroatoms. The summed E-state index contributed by atoms with van der Waals surface area (Å²) in [5, 5.41) is 0. The summed E-state index contributed by atoms with van der Waals surface area (Å²) < 4.78 is 0. The minimum atomic E-state index is 0.476. The molecular formula is C14H18N+. The van der Waals surface area contributed by atoms with Gasteiger partial charge in [-0.15, -0.1) is 0 Å². The molecule has 1 nitrogen and oxygen atoms in total. The van der Waals surface area contributed by atoms with Crippen LogP contribution in [-0.2, 0) is 0 Å². The Morgan fingerprint density at radius 1 is 1.27 bits per heavy atom. The largest absolute Gasteiger partial charge is 0.218 e. The van der Waals surface area contributed by atoms with Gasteiger partial charge >= 0.3 is 0 Å². The van der Waals surface area contributed by atoms with Crippen LogP contribution >= 0.6 is 0 Å². The third-order valence-corrected chi connectivity index (χ3v) is 3.30. The summed E-state index contributed by atoms with van der Waals surface area (Å²) in [5.74, 6) is 0.476. The summed E-state index contributed by atoms with van der Waals surface area (Å²) in [6, 6.07) is 6.55. The first-order valence-corrected chi connectivity index (χ1v) is 5.54. The Hall–Kier alpha value is -1.37. The predicted molar refractivity (Wildman–Crippen MR) is 64.1 cm³/mol. The smallest absolute Gasteiger partial charge is 0.183 e. The monoisotopic (exact) mass is 200 g/mol. The fraction of sp³-hybridized carbons (Fsp3) is 0.357. The molecule has 1 atom stereocenters. The Balaban J connectivity index is 2.37. The van der Waals surface area contributed by atoms with Gasteiger partial charge in [0.15, 0.2) is 5.70 Å². The summed E-state index contributed by atoms with van der Waals surface area (Å²) in [6.45, 7) is 6.65. The van der Waals surface area contributed by atoms with Crippen molar-refractivity contribution >= 4 is 6.21 Å². The van der Waals surface area contributed by atoms with E-state index in [1.165, 1.54) is 22.4 Å². The average Bonchev–Trinajstić information content (AvgIpc) is 2.74. The SMILES string of the molecule is Cc1cccc(C(C)C2=CCC=[NH+]2)c1C. The molecule has 2 rings (SSSR count). The molecule has 0 aromatic heterocycles. The maximum atomic E-state index is 3.34. The van der Waals surface area contributed by atoms with Crippen LogP contribution in [0.4, 0.5) is 0 Å². The van der Waals surface area contributed by atoms with Crippen molar-refractivity contribution in [3.05, 3.63) is 46.7 Å². The van der Waals surface area contributed by atoms with E-state index in [0.717, 1.165) is 6.42 Å². The van der Waals surface area contributed by atoms with Crippen molar-refractivity contribution in [3.63, 3.8) is 0 Å². The third-order valence-electron chi connectivity index (χ3n) is 3.30. The molecule has 15 heavy (non-hydrogen) atoms. The molecule has 1 heterocycles. The number of hydrogen-bond acceptors (Lipinski definition) is 0. The number of rotatable bonds is 2. The maximum absolute atomic E-state index is 3.34. The molecule has 0 spiro atoms. The van der Waals surface area contributed by atoms with E-state index >= 15 is 0 Å². The van der Waals surface area contributed by atoms with Crippen LogP contribution in [0.1, 0.15) is 36.0 Å². The van der Waals surface area contributed by atoms with E-state index in [-0.39, 0.29) is 0 Å². The van der Waals surface area contributed by atoms with E-state index < -0.39 is 0 Å². The van der Waals surface area contributed by atoms with Crippen LogP contribution in [0.5, 0.6) is 0 Å². The van der Waals surface area contributed by atoms with Crippen molar-refractivity contribution in [2.75, 3.05) is 0 Å². The molecule has 1 aliphatic heterocycles. The van der Waals surface area contributed by atoms with E-state index in [1.54, 1.807) is 0 Å². The van der Waals surface area contributed by atoms with Crippen LogP contribution in [0.2, 0.25) is 0 Å². The van der Waals surface area contributed by atoms with E-state index in [1.807, 2.05) is 0 Å². The highest BCUT2D eigenvalue weighted by Gasteiger charge is 2.19. The predicted octanol–water partition coefficient (Wildman–Crippen LogP) is 1.85. The highest BCUT2D eigenvalue weighted by atomic mass is 14.8. The molecule has 0 fully saturated rings. The molecule has 78 valence electrons. The van der Waals surface area contributed by atoms with Gasteiger partial charge in [0.05, 0.1) is 5.92 Å². The zero-order valence-corrected chi connectivity index (χ0v) is 9.67. The molecule has 0 aliphatic carbocycles. The first kappa shape index (κ1) is 10.2. The minimum Gasteiger partial charge on any atom is -0.218 e. The minimum absolute atomic E-state index is 0.476. The lowest BCUT2D eigenvalue weighted by atomic mass is 9.91. The van der Waals surface area contributed by atoms with Gasteiger partial charge < -0.3 is 0 Å². The topological polar surface area (TPSA) is 14.0 Å². The highest BCUT2D eigenvalue weighted by Crippen LogP contribution is 2.25. The Morgan fingerprint density at radius 2 is 2.07 bits per heavy atom. The summed E-state index contributed by atoms with van der Waals surface area (Å²) >= 11 is 0. The number of hydrogen-bond donors (Lipinski definition) is 1. The summed E-state index contributed by atoms with van der Waals surface area (Å²) in [7, 11) is 0. The lowest BCUT2D eigenvalue weighted by Gasteiger charge is -2.12. The maximum Gasteiger partial charge on any atom is 0.183 e. The second kappa shape index (κ2) is 4.01. The quantitative estimate of drug-likeness (QED) is 0.749. The van der Waals surface area contributed by atoms with Crippen molar-refractivity contribution in [1.82, 2.24) is 0 Å². The van der Waals surface area contributed by atoms with Gasteiger partial charge in [0.2, 0.25) is 0 Å². The second-order valence-corrected chi connectivity index (χ2v) is 4.25. The van der Waals surface area contributed by atoms with Crippen LogP contribution in [0.25, 0.3) is 0 Å². The zero-order chi connectivity index (χ0) is 10.8. The van der Waals surface area contributed by atoms with E-state index in [9.17, 15) is 0 Å². The fourth-order valence-electron chi connectivity index (χ4n) is 2.13. The van der Waals surface area contributed by atoms with Gasteiger partial charge in [-0.1, -0.05) is 18.2 Å². The second-order valence-electron chi connectivity index (χ2n) is 4.25. The molecule has 1 aromatic carbocycles. The fourth-order valence-corrected chi connectivity index (χ4v) is 2.13. The molecule has 0 amide bonds. The molecule has 0 saturated carbocycles. The molecule has 0 saturated heterocycles. The molecular weight excluding hydrogens is 182 g/mol. The van der Waals surface area contributed by atoms with Gasteiger partial charge in [0, 0.05) is 6.42 Å². The van der Waals surface area contributed by atoms with E-state index in [2.05, 4.69) is 56.3 Å². The third kappa shape index (κ3) is 1.87. The summed E-state index contributed by atoms with van der Waals surface area (Å²) in [4.78, 5) is 3.34. The van der Waals surface area contributed by atoms with Gasteiger partial charge in [0.1, 0.15) is 6.21 Å². The molecule has 1 N–H and O–H groups in total. The summed E-state index contributed by atoms with van der Waals surface area (Å²) in [5.41, 5.74) is 5.56. The van der Waals surface area contributed by atoms with Gasteiger partial charge in [-0.2, -0.15) is 0 Å². The molecule has 1 aliphatic rings. The van der Waals surface area contributed by atoms with E-state index in [0.29, 0.717) is 5.92 Å². The molecule has 0 bridgehead atoms.